The molecule has 0 spiro atoms. The van der Waals surface area contributed by atoms with E-state index in [0.29, 0.717) is 5.90 Å². The van der Waals surface area contributed by atoms with E-state index in [9.17, 15) is 4.79 Å². The minimum absolute atomic E-state index is 0.102. The van der Waals surface area contributed by atoms with E-state index >= 15 is 0 Å². The van der Waals surface area contributed by atoms with Gasteiger partial charge in [-0.05, 0) is 36.4 Å². The predicted molar refractivity (Wildman–Crippen MR) is 87.2 cm³/mol. The van der Waals surface area contributed by atoms with E-state index in [1.165, 1.54) is 6.92 Å². The second kappa shape index (κ2) is 5.28. The molecule has 0 aromatic heterocycles. The highest BCUT2D eigenvalue weighted by molar-refractivity contribution is 5.98. The number of benzene rings is 2. The zero-order valence-electron chi connectivity index (χ0n) is 12.4. The third-order valence-corrected chi connectivity index (χ3v) is 3.60. The maximum absolute atomic E-state index is 11.0. The molecule has 4 rings (SSSR count). The van der Waals surface area contributed by atoms with Gasteiger partial charge < -0.3 is 14.8 Å². The van der Waals surface area contributed by atoms with Crippen molar-refractivity contribution in [2.45, 2.75) is 13.2 Å². The van der Waals surface area contributed by atoms with Crippen molar-refractivity contribution in [2.75, 3.05) is 5.32 Å². The molecule has 1 atom stereocenters. The molecule has 0 bridgehead atoms. The van der Waals surface area contributed by atoms with Crippen LogP contribution in [0.1, 0.15) is 18.1 Å². The number of hydrogen-bond donors (Lipinski definition) is 1. The molecule has 0 aliphatic carbocycles. The van der Waals surface area contributed by atoms with Gasteiger partial charge >= 0.3 is 0 Å². The molecule has 114 valence electrons. The first-order valence-corrected chi connectivity index (χ1v) is 7.30. The second-order valence-corrected chi connectivity index (χ2v) is 5.35. The van der Waals surface area contributed by atoms with Crippen LogP contribution in [-0.4, -0.2) is 18.1 Å². The Kier molecular flexibility index (Phi) is 3.12. The second-order valence-electron chi connectivity index (χ2n) is 5.35. The SMILES string of the molecule is CC(=O)Nc1ccc(C2=NC3=Cc4ccccc4O[C@@H]3O2)cc1. The minimum atomic E-state index is -0.505. The lowest BCUT2D eigenvalue weighted by Crippen LogP contribution is -2.22. The zero-order chi connectivity index (χ0) is 15.8. The number of para-hydroxylation sites is 1. The normalized spacial score (nSPS) is 17.9. The van der Waals surface area contributed by atoms with Gasteiger partial charge in [0.25, 0.3) is 6.29 Å². The van der Waals surface area contributed by atoms with Gasteiger partial charge in [-0.15, -0.1) is 0 Å². The summed E-state index contributed by atoms with van der Waals surface area (Å²) in [6, 6.07) is 15.1. The summed E-state index contributed by atoms with van der Waals surface area (Å²) < 4.78 is 11.6. The Morgan fingerprint density at radius 1 is 1.09 bits per heavy atom. The van der Waals surface area contributed by atoms with E-state index in [1.807, 2.05) is 54.6 Å². The first-order valence-electron chi connectivity index (χ1n) is 7.30. The number of hydrogen-bond acceptors (Lipinski definition) is 4. The molecule has 5 nitrogen and oxygen atoms in total. The van der Waals surface area contributed by atoms with Crippen LogP contribution < -0.4 is 10.1 Å². The van der Waals surface area contributed by atoms with Gasteiger partial charge in [0.1, 0.15) is 11.4 Å². The standard InChI is InChI=1S/C18H14N2O3/c1-11(21)19-14-8-6-12(7-9-14)17-20-15-10-13-4-2-3-5-16(13)22-18(15)23-17/h2-10,18H,1H3,(H,19,21)/t18-/m1/s1. The van der Waals surface area contributed by atoms with Gasteiger partial charge in [-0.3, -0.25) is 4.79 Å². The number of carbonyl (C=O) groups excluding carboxylic acids is 1. The summed E-state index contributed by atoms with van der Waals surface area (Å²) >= 11 is 0. The molecular weight excluding hydrogens is 292 g/mol. The molecule has 1 N–H and O–H groups in total. The number of amides is 1. The van der Waals surface area contributed by atoms with Crippen molar-refractivity contribution in [3.8, 4) is 5.75 Å². The molecule has 2 heterocycles. The molecule has 0 radical (unpaired) electrons. The molecule has 2 aliphatic rings. The lowest BCUT2D eigenvalue weighted by atomic mass is 10.1. The van der Waals surface area contributed by atoms with Gasteiger partial charge in [0.05, 0.1) is 0 Å². The van der Waals surface area contributed by atoms with Crippen molar-refractivity contribution in [1.82, 2.24) is 0 Å². The average Bonchev–Trinajstić information content (AvgIpc) is 2.95. The van der Waals surface area contributed by atoms with Crippen LogP contribution in [0.3, 0.4) is 0 Å². The lowest BCUT2D eigenvalue weighted by Gasteiger charge is -2.20. The van der Waals surface area contributed by atoms with E-state index < -0.39 is 6.29 Å². The molecule has 2 aromatic carbocycles. The molecule has 23 heavy (non-hydrogen) atoms. The lowest BCUT2D eigenvalue weighted by molar-refractivity contribution is -0.114. The van der Waals surface area contributed by atoms with E-state index in [0.717, 1.165) is 28.3 Å². The maximum atomic E-state index is 11.0. The summed E-state index contributed by atoms with van der Waals surface area (Å²) in [5.74, 6) is 1.21. The Labute approximate surface area is 133 Å². The number of fused-ring (bicyclic) bond motifs is 2. The van der Waals surface area contributed by atoms with Crippen LogP contribution in [0.5, 0.6) is 5.75 Å². The molecule has 2 aromatic rings. The fourth-order valence-corrected chi connectivity index (χ4v) is 2.56. The van der Waals surface area contributed by atoms with Gasteiger partial charge in [0.15, 0.2) is 0 Å². The monoisotopic (exact) mass is 306 g/mol. The molecule has 1 amide bonds. The number of ether oxygens (including phenoxy) is 2. The first kappa shape index (κ1) is 13.6. The third kappa shape index (κ3) is 2.57. The Hall–Kier alpha value is -3.08. The van der Waals surface area contributed by atoms with Crippen molar-refractivity contribution >= 4 is 23.6 Å². The molecular formula is C18H14N2O3. The van der Waals surface area contributed by atoms with Crippen LogP contribution in [-0.2, 0) is 9.53 Å². The summed E-state index contributed by atoms with van der Waals surface area (Å²) in [5, 5.41) is 2.73. The van der Waals surface area contributed by atoms with Crippen molar-refractivity contribution in [2.24, 2.45) is 4.99 Å². The predicted octanol–water partition coefficient (Wildman–Crippen LogP) is 3.18. The topological polar surface area (TPSA) is 59.9 Å². The number of carbonyl (C=O) groups is 1. The fourth-order valence-electron chi connectivity index (χ4n) is 2.56. The Morgan fingerprint density at radius 2 is 1.87 bits per heavy atom. The number of nitrogens with one attached hydrogen (secondary N) is 1. The van der Waals surface area contributed by atoms with Crippen molar-refractivity contribution in [1.29, 1.82) is 0 Å². The van der Waals surface area contributed by atoms with Crippen molar-refractivity contribution in [3.05, 3.63) is 65.4 Å². The van der Waals surface area contributed by atoms with Crippen LogP contribution in [0.15, 0.2) is 59.2 Å². The molecule has 2 aliphatic heterocycles. The average molecular weight is 306 g/mol. The Bertz CT molecular complexity index is 838. The Balaban J connectivity index is 1.60. The number of nitrogens with zero attached hydrogens (tertiary/aromatic N) is 1. The smallest absolute Gasteiger partial charge is 0.286 e. The molecule has 0 saturated carbocycles. The van der Waals surface area contributed by atoms with Gasteiger partial charge in [0, 0.05) is 23.7 Å². The van der Waals surface area contributed by atoms with Crippen molar-refractivity contribution in [3.63, 3.8) is 0 Å². The summed E-state index contributed by atoms with van der Waals surface area (Å²) in [5.41, 5.74) is 3.32. The van der Waals surface area contributed by atoms with Crippen LogP contribution in [0, 0.1) is 0 Å². The quantitative estimate of drug-likeness (QED) is 0.927. The Morgan fingerprint density at radius 3 is 2.65 bits per heavy atom. The highest BCUT2D eigenvalue weighted by Crippen LogP contribution is 2.34. The molecule has 0 unspecified atom stereocenters. The zero-order valence-corrected chi connectivity index (χ0v) is 12.4. The largest absolute Gasteiger partial charge is 0.448 e. The first-order chi connectivity index (χ1) is 11.2. The van der Waals surface area contributed by atoms with Gasteiger partial charge in [0.2, 0.25) is 11.8 Å². The van der Waals surface area contributed by atoms with Crippen LogP contribution in [0.25, 0.3) is 6.08 Å². The van der Waals surface area contributed by atoms with Gasteiger partial charge in [-0.2, -0.15) is 0 Å². The number of anilines is 1. The van der Waals surface area contributed by atoms with Crippen molar-refractivity contribution < 1.29 is 14.3 Å². The number of rotatable bonds is 2. The summed E-state index contributed by atoms with van der Waals surface area (Å²) in [6.45, 7) is 1.48. The molecule has 5 heteroatoms. The fraction of sp³-hybridized carbons (Fsp3) is 0.111. The van der Waals surface area contributed by atoms with E-state index in [4.69, 9.17) is 9.47 Å². The minimum Gasteiger partial charge on any atom is -0.448 e. The van der Waals surface area contributed by atoms with Crippen LogP contribution in [0.2, 0.25) is 0 Å². The highest BCUT2D eigenvalue weighted by atomic mass is 16.7. The van der Waals surface area contributed by atoms with Gasteiger partial charge in [-0.25, -0.2) is 4.99 Å². The van der Waals surface area contributed by atoms with E-state index in [1.54, 1.807) is 0 Å². The van der Waals surface area contributed by atoms with Gasteiger partial charge in [-0.1, -0.05) is 18.2 Å². The number of aliphatic imine (C=N–C) groups is 1. The van der Waals surface area contributed by atoms with E-state index in [-0.39, 0.29) is 5.91 Å². The van der Waals surface area contributed by atoms with Crippen LogP contribution in [0.4, 0.5) is 5.69 Å². The summed E-state index contributed by atoms with van der Waals surface area (Å²) in [7, 11) is 0. The highest BCUT2D eigenvalue weighted by Gasteiger charge is 2.31. The molecule has 0 saturated heterocycles. The molecule has 0 fully saturated rings. The summed E-state index contributed by atoms with van der Waals surface area (Å²) in [4.78, 5) is 15.6. The maximum Gasteiger partial charge on any atom is 0.286 e. The third-order valence-electron chi connectivity index (χ3n) is 3.60. The summed E-state index contributed by atoms with van der Waals surface area (Å²) in [6.07, 6.45) is 1.47. The van der Waals surface area contributed by atoms with Crippen LogP contribution >= 0.6 is 0 Å². The van der Waals surface area contributed by atoms with E-state index in [2.05, 4.69) is 10.3 Å².